The van der Waals surface area contributed by atoms with Gasteiger partial charge in [0.05, 0.1) is 6.61 Å². The maximum absolute atomic E-state index is 12.3. The zero-order valence-electron chi connectivity index (χ0n) is 9.37. The van der Waals surface area contributed by atoms with E-state index >= 15 is 0 Å². The van der Waals surface area contributed by atoms with Gasteiger partial charge in [0, 0.05) is 10.7 Å². The van der Waals surface area contributed by atoms with Gasteiger partial charge >= 0.3 is 12.4 Å². The highest BCUT2D eigenvalue weighted by Crippen LogP contribution is 2.42. The first kappa shape index (κ1) is 16.1. The molecule has 0 radical (unpaired) electrons. The lowest BCUT2D eigenvalue weighted by Crippen LogP contribution is -2.46. The van der Waals surface area contributed by atoms with Crippen LogP contribution in [0.15, 0.2) is 0 Å². The van der Waals surface area contributed by atoms with Gasteiger partial charge in [0.15, 0.2) is 0 Å². The standard InChI is InChI=1S/C10H13BrF6O/c11-5-8(3-1-2-4-8)6-18-7(9(12,13)14)10(15,16)17/h7H,1-6H2. The summed E-state index contributed by atoms with van der Waals surface area (Å²) in [6, 6.07) is 0. The van der Waals surface area contributed by atoms with E-state index in [4.69, 9.17) is 0 Å². The third-order valence-electron chi connectivity index (χ3n) is 3.10. The van der Waals surface area contributed by atoms with Crippen LogP contribution in [-0.2, 0) is 4.74 Å². The number of halogens is 7. The zero-order chi connectivity index (χ0) is 14.0. The Morgan fingerprint density at radius 3 is 1.78 bits per heavy atom. The zero-order valence-corrected chi connectivity index (χ0v) is 11.0. The van der Waals surface area contributed by atoms with Crippen molar-refractivity contribution in [3.8, 4) is 0 Å². The number of ether oxygens (including phenoxy) is 1. The fraction of sp³-hybridized carbons (Fsp3) is 1.00. The molecule has 0 heterocycles. The Kier molecular flexibility index (Phi) is 4.97. The molecule has 0 atom stereocenters. The van der Waals surface area contributed by atoms with E-state index in [2.05, 4.69) is 20.7 Å². The fourth-order valence-corrected chi connectivity index (χ4v) is 2.80. The molecule has 108 valence electrons. The summed E-state index contributed by atoms with van der Waals surface area (Å²) < 4.78 is 77.7. The van der Waals surface area contributed by atoms with Crippen LogP contribution in [0.3, 0.4) is 0 Å². The molecule has 1 rings (SSSR count). The van der Waals surface area contributed by atoms with Gasteiger partial charge < -0.3 is 4.74 Å². The molecule has 1 saturated carbocycles. The van der Waals surface area contributed by atoms with Crippen LogP contribution >= 0.6 is 15.9 Å². The van der Waals surface area contributed by atoms with Crippen molar-refractivity contribution in [3.63, 3.8) is 0 Å². The largest absolute Gasteiger partial charge is 0.423 e. The van der Waals surface area contributed by atoms with E-state index in [1.807, 2.05) is 0 Å². The van der Waals surface area contributed by atoms with Gasteiger partial charge in [-0.1, -0.05) is 28.8 Å². The number of alkyl halides is 7. The van der Waals surface area contributed by atoms with E-state index < -0.39 is 30.5 Å². The molecule has 0 bridgehead atoms. The molecular weight excluding hydrogens is 330 g/mol. The van der Waals surface area contributed by atoms with E-state index in [9.17, 15) is 26.3 Å². The van der Waals surface area contributed by atoms with Crippen molar-refractivity contribution in [2.45, 2.75) is 44.1 Å². The monoisotopic (exact) mass is 342 g/mol. The summed E-state index contributed by atoms with van der Waals surface area (Å²) in [6.07, 6.45) is -11.8. The average molecular weight is 343 g/mol. The SMILES string of the molecule is FC(F)(F)C(OCC1(CBr)CCCC1)C(F)(F)F. The van der Waals surface area contributed by atoms with Crippen LogP contribution in [0.25, 0.3) is 0 Å². The lowest BCUT2D eigenvalue weighted by Gasteiger charge is -2.30. The lowest BCUT2D eigenvalue weighted by atomic mass is 9.90. The first-order chi connectivity index (χ1) is 8.11. The molecule has 1 aliphatic carbocycles. The fourth-order valence-electron chi connectivity index (χ4n) is 2.08. The van der Waals surface area contributed by atoms with E-state index in [0.717, 1.165) is 12.8 Å². The summed E-state index contributed by atoms with van der Waals surface area (Å²) >= 11 is 3.14. The van der Waals surface area contributed by atoms with Crippen molar-refractivity contribution in [2.75, 3.05) is 11.9 Å². The smallest absolute Gasteiger partial charge is 0.360 e. The molecule has 0 spiro atoms. The molecule has 0 aromatic rings. The van der Waals surface area contributed by atoms with Crippen LogP contribution in [0.4, 0.5) is 26.3 Å². The van der Waals surface area contributed by atoms with Gasteiger partial charge in [-0.15, -0.1) is 0 Å². The number of hydrogen-bond donors (Lipinski definition) is 0. The Hall–Kier alpha value is 0.0200. The van der Waals surface area contributed by atoms with E-state index in [-0.39, 0.29) is 0 Å². The molecule has 1 fully saturated rings. The summed E-state index contributed by atoms with van der Waals surface area (Å²) in [7, 11) is 0. The summed E-state index contributed by atoms with van der Waals surface area (Å²) in [5.41, 5.74) is -0.602. The Bertz CT molecular complexity index is 255. The molecule has 0 saturated heterocycles. The van der Waals surface area contributed by atoms with Gasteiger partial charge in [-0.05, 0) is 12.8 Å². The molecule has 0 unspecified atom stereocenters. The molecule has 1 nitrogen and oxygen atoms in total. The highest BCUT2D eigenvalue weighted by molar-refractivity contribution is 9.09. The topological polar surface area (TPSA) is 9.23 Å². The Morgan fingerprint density at radius 1 is 1.00 bits per heavy atom. The van der Waals surface area contributed by atoms with Crippen LogP contribution in [-0.4, -0.2) is 30.4 Å². The van der Waals surface area contributed by atoms with E-state index in [0.29, 0.717) is 18.2 Å². The first-order valence-electron chi connectivity index (χ1n) is 5.42. The molecule has 0 aromatic carbocycles. The third-order valence-corrected chi connectivity index (χ3v) is 4.29. The quantitative estimate of drug-likeness (QED) is 0.541. The third kappa shape index (κ3) is 4.01. The van der Waals surface area contributed by atoms with Crippen molar-refractivity contribution in [2.24, 2.45) is 5.41 Å². The molecule has 0 aromatic heterocycles. The maximum atomic E-state index is 12.3. The molecule has 1 aliphatic rings. The minimum atomic E-state index is -5.43. The van der Waals surface area contributed by atoms with Gasteiger partial charge in [0.2, 0.25) is 6.10 Å². The van der Waals surface area contributed by atoms with Gasteiger partial charge in [0.25, 0.3) is 0 Å². The van der Waals surface area contributed by atoms with Crippen LogP contribution in [0.2, 0.25) is 0 Å². The molecule has 0 amide bonds. The normalized spacial score (nSPS) is 20.7. The maximum Gasteiger partial charge on any atom is 0.423 e. The predicted molar refractivity (Wildman–Crippen MR) is 56.5 cm³/mol. The predicted octanol–water partition coefficient (Wildman–Crippen LogP) is 4.45. The molecule has 0 aliphatic heterocycles. The van der Waals surface area contributed by atoms with Crippen molar-refractivity contribution >= 4 is 15.9 Å². The minimum Gasteiger partial charge on any atom is -0.360 e. The second-order valence-electron chi connectivity index (χ2n) is 4.62. The Morgan fingerprint density at radius 2 is 1.44 bits per heavy atom. The van der Waals surface area contributed by atoms with Gasteiger partial charge in [-0.3, -0.25) is 0 Å². The molecule has 8 heteroatoms. The Balaban J connectivity index is 2.68. The van der Waals surface area contributed by atoms with Crippen molar-refractivity contribution in [1.82, 2.24) is 0 Å². The first-order valence-corrected chi connectivity index (χ1v) is 6.54. The average Bonchev–Trinajstić information content (AvgIpc) is 2.63. The lowest BCUT2D eigenvalue weighted by molar-refractivity contribution is -0.325. The number of hydrogen-bond acceptors (Lipinski definition) is 1. The second-order valence-corrected chi connectivity index (χ2v) is 5.18. The summed E-state index contributed by atoms with van der Waals surface area (Å²) in [5, 5.41) is 0.350. The highest BCUT2D eigenvalue weighted by atomic mass is 79.9. The van der Waals surface area contributed by atoms with Crippen molar-refractivity contribution in [3.05, 3.63) is 0 Å². The van der Waals surface area contributed by atoms with E-state index in [1.165, 1.54) is 0 Å². The van der Waals surface area contributed by atoms with Crippen LogP contribution in [0.5, 0.6) is 0 Å². The molecule has 0 N–H and O–H groups in total. The van der Waals surface area contributed by atoms with E-state index in [1.54, 1.807) is 0 Å². The number of rotatable bonds is 4. The molecule has 18 heavy (non-hydrogen) atoms. The van der Waals surface area contributed by atoms with Gasteiger partial charge in [0.1, 0.15) is 0 Å². The molecular formula is C10H13BrF6O. The highest BCUT2D eigenvalue weighted by Gasteiger charge is 2.58. The van der Waals surface area contributed by atoms with Gasteiger partial charge in [-0.25, -0.2) is 0 Å². The minimum absolute atomic E-state index is 0.350. The summed E-state index contributed by atoms with van der Waals surface area (Å²) in [6.45, 7) is -0.526. The van der Waals surface area contributed by atoms with Crippen molar-refractivity contribution in [1.29, 1.82) is 0 Å². The Labute approximate surface area is 109 Å². The van der Waals surface area contributed by atoms with Crippen LogP contribution < -0.4 is 0 Å². The van der Waals surface area contributed by atoms with Crippen LogP contribution in [0, 0.1) is 5.41 Å². The second kappa shape index (κ2) is 5.56. The van der Waals surface area contributed by atoms with Gasteiger partial charge in [-0.2, -0.15) is 26.3 Å². The van der Waals surface area contributed by atoms with Crippen molar-refractivity contribution < 1.29 is 31.1 Å². The van der Waals surface area contributed by atoms with Crippen LogP contribution in [0.1, 0.15) is 25.7 Å². The summed E-state index contributed by atoms with van der Waals surface area (Å²) in [4.78, 5) is 0. The summed E-state index contributed by atoms with van der Waals surface area (Å²) in [5.74, 6) is 0.